The molecule has 130 valence electrons. The van der Waals surface area contributed by atoms with Gasteiger partial charge in [-0.25, -0.2) is 4.98 Å². The second kappa shape index (κ2) is 8.17. The van der Waals surface area contributed by atoms with Crippen molar-refractivity contribution in [1.29, 1.82) is 0 Å². The molecule has 0 bridgehead atoms. The minimum absolute atomic E-state index is 0. The third-order valence-electron chi connectivity index (χ3n) is 4.09. The molecule has 0 saturated carbocycles. The molecule has 1 aliphatic rings. The number of carbonyl (C=O) groups excluding carboxylic acids is 1. The highest BCUT2D eigenvalue weighted by Gasteiger charge is 2.18. The van der Waals surface area contributed by atoms with Gasteiger partial charge in [0.25, 0.3) is 5.91 Å². The first-order valence-electron chi connectivity index (χ1n) is 7.89. The lowest BCUT2D eigenvalue weighted by Crippen LogP contribution is -2.27. The van der Waals surface area contributed by atoms with Crippen molar-refractivity contribution in [2.45, 2.75) is 25.9 Å². The zero-order valence-corrected chi connectivity index (χ0v) is 14.7. The smallest absolute Gasteiger partial charge is 0.271 e. The van der Waals surface area contributed by atoms with E-state index in [9.17, 15) is 4.79 Å². The predicted octanol–water partition coefficient (Wildman–Crippen LogP) is 1.95. The predicted molar refractivity (Wildman–Crippen MR) is 94.9 cm³/mol. The maximum absolute atomic E-state index is 12.5. The molecule has 0 fully saturated rings. The summed E-state index contributed by atoms with van der Waals surface area (Å²) >= 11 is 0. The van der Waals surface area contributed by atoms with E-state index in [1.54, 1.807) is 7.11 Å². The van der Waals surface area contributed by atoms with Gasteiger partial charge in [-0.05, 0) is 24.6 Å². The molecule has 2 aromatic rings. The van der Waals surface area contributed by atoms with E-state index < -0.39 is 0 Å². The number of amides is 1. The van der Waals surface area contributed by atoms with Gasteiger partial charge < -0.3 is 19.9 Å². The number of benzene rings is 1. The van der Waals surface area contributed by atoms with Crippen LogP contribution in [0, 0.1) is 0 Å². The molecule has 2 N–H and O–H groups in total. The molecular weight excluding hydrogens is 328 g/mol. The van der Waals surface area contributed by atoms with Crippen molar-refractivity contribution >= 4 is 18.3 Å². The van der Waals surface area contributed by atoms with E-state index in [1.165, 1.54) is 0 Å². The fourth-order valence-corrected chi connectivity index (χ4v) is 2.75. The van der Waals surface area contributed by atoms with Gasteiger partial charge in [-0.15, -0.1) is 12.4 Å². The summed E-state index contributed by atoms with van der Waals surface area (Å²) in [5, 5.41) is 6.32. The van der Waals surface area contributed by atoms with Crippen molar-refractivity contribution in [3.63, 3.8) is 0 Å². The van der Waals surface area contributed by atoms with Gasteiger partial charge in [-0.2, -0.15) is 0 Å². The highest BCUT2D eigenvalue weighted by molar-refractivity contribution is 5.92. The summed E-state index contributed by atoms with van der Waals surface area (Å²) in [6.45, 7) is 4.61. The third kappa shape index (κ3) is 4.07. The van der Waals surface area contributed by atoms with Gasteiger partial charge in [0, 0.05) is 32.3 Å². The molecule has 1 aromatic heterocycles. The van der Waals surface area contributed by atoms with Gasteiger partial charge in [0.15, 0.2) is 0 Å². The normalized spacial score (nSPS) is 14.8. The third-order valence-corrected chi connectivity index (χ3v) is 4.09. The van der Waals surface area contributed by atoms with Crippen LogP contribution in [0.1, 0.15) is 34.8 Å². The number of hydrogen-bond acceptors (Lipinski definition) is 4. The number of carbonyl (C=O) groups is 1. The number of halogens is 1. The largest absolute Gasteiger partial charge is 0.497 e. The zero-order valence-electron chi connectivity index (χ0n) is 13.9. The lowest BCUT2D eigenvalue weighted by atomic mass is 10.1. The Balaban J connectivity index is 0.00000208. The lowest BCUT2D eigenvalue weighted by Gasteiger charge is -2.14. The molecule has 1 atom stereocenters. The summed E-state index contributed by atoms with van der Waals surface area (Å²) in [6.07, 6.45) is 2.69. The van der Waals surface area contributed by atoms with Crippen LogP contribution in [0.4, 0.5) is 0 Å². The highest BCUT2D eigenvalue weighted by Crippen LogP contribution is 2.19. The van der Waals surface area contributed by atoms with Crippen molar-refractivity contribution in [1.82, 2.24) is 20.2 Å². The van der Waals surface area contributed by atoms with E-state index in [0.29, 0.717) is 5.69 Å². The van der Waals surface area contributed by atoms with Crippen LogP contribution in [0.25, 0.3) is 0 Å². The fraction of sp³-hybridized carbons (Fsp3) is 0.412. The number of aromatic nitrogens is 2. The van der Waals surface area contributed by atoms with Crippen LogP contribution in [0.5, 0.6) is 5.75 Å². The SMILES string of the molecule is COc1cccc([C@H](C)NC(=O)c2cn3c(n2)CCNCC3)c1.Cl. The van der Waals surface area contributed by atoms with Crippen molar-refractivity contribution in [3.05, 3.63) is 47.5 Å². The van der Waals surface area contributed by atoms with Crippen LogP contribution in [0.3, 0.4) is 0 Å². The summed E-state index contributed by atoms with van der Waals surface area (Å²) < 4.78 is 7.29. The van der Waals surface area contributed by atoms with Gasteiger partial charge in [0.1, 0.15) is 17.3 Å². The lowest BCUT2D eigenvalue weighted by molar-refractivity contribution is 0.0935. The Morgan fingerprint density at radius 3 is 3.04 bits per heavy atom. The molecule has 0 unspecified atom stereocenters. The summed E-state index contributed by atoms with van der Waals surface area (Å²) in [7, 11) is 1.63. The quantitative estimate of drug-likeness (QED) is 0.884. The number of methoxy groups -OCH3 is 1. The molecule has 0 saturated heterocycles. The first-order chi connectivity index (χ1) is 11.2. The zero-order chi connectivity index (χ0) is 16.2. The first kappa shape index (κ1) is 18.3. The van der Waals surface area contributed by atoms with Crippen molar-refractivity contribution in [2.24, 2.45) is 0 Å². The number of hydrogen-bond donors (Lipinski definition) is 2. The average molecular weight is 351 g/mol. The van der Waals surface area contributed by atoms with Crippen molar-refractivity contribution in [3.8, 4) is 5.75 Å². The molecule has 2 heterocycles. The Bertz CT molecular complexity index is 678. The molecule has 0 spiro atoms. The average Bonchev–Trinajstić information content (AvgIpc) is 2.86. The Morgan fingerprint density at radius 2 is 2.25 bits per heavy atom. The van der Waals surface area contributed by atoms with Crippen LogP contribution in [0.15, 0.2) is 30.5 Å². The van der Waals surface area contributed by atoms with E-state index in [0.717, 1.165) is 43.2 Å². The molecule has 7 heteroatoms. The molecule has 3 rings (SSSR count). The van der Waals surface area contributed by atoms with E-state index in [1.807, 2.05) is 37.4 Å². The maximum Gasteiger partial charge on any atom is 0.271 e. The number of ether oxygens (including phenoxy) is 1. The van der Waals surface area contributed by atoms with E-state index in [2.05, 4.69) is 20.2 Å². The fourth-order valence-electron chi connectivity index (χ4n) is 2.75. The molecule has 1 amide bonds. The van der Waals surface area contributed by atoms with Gasteiger partial charge in [-0.3, -0.25) is 4.79 Å². The Labute approximate surface area is 148 Å². The number of nitrogens with one attached hydrogen (secondary N) is 2. The Hall–Kier alpha value is -2.05. The topological polar surface area (TPSA) is 68.2 Å². The molecule has 0 radical (unpaired) electrons. The molecular formula is C17H23ClN4O2. The van der Waals surface area contributed by atoms with Gasteiger partial charge in [0.2, 0.25) is 0 Å². The standard InChI is InChI=1S/C17H22N4O2.ClH/c1-12(13-4-3-5-14(10-13)23-2)19-17(22)15-11-21-9-8-18-7-6-16(21)20-15;/h3-5,10-12,18H,6-9H2,1-2H3,(H,19,22);1H/t12-;/m0./s1. The Kier molecular flexibility index (Phi) is 6.23. The molecule has 0 aliphatic carbocycles. The van der Waals surface area contributed by atoms with Crippen molar-refractivity contribution < 1.29 is 9.53 Å². The molecule has 1 aliphatic heterocycles. The van der Waals surface area contributed by atoms with Crippen LogP contribution in [-0.4, -0.2) is 35.7 Å². The number of fused-ring (bicyclic) bond motifs is 1. The number of nitrogens with zero attached hydrogens (tertiary/aromatic N) is 2. The molecule has 6 nitrogen and oxygen atoms in total. The van der Waals surface area contributed by atoms with Crippen LogP contribution < -0.4 is 15.4 Å². The minimum Gasteiger partial charge on any atom is -0.497 e. The van der Waals surface area contributed by atoms with Gasteiger partial charge in [-0.1, -0.05) is 12.1 Å². The van der Waals surface area contributed by atoms with E-state index in [-0.39, 0.29) is 24.4 Å². The monoisotopic (exact) mass is 350 g/mol. The molecule has 24 heavy (non-hydrogen) atoms. The summed E-state index contributed by atoms with van der Waals surface area (Å²) in [5.41, 5.74) is 1.49. The second-order valence-electron chi connectivity index (χ2n) is 5.71. The maximum atomic E-state index is 12.5. The van der Waals surface area contributed by atoms with Gasteiger partial charge >= 0.3 is 0 Å². The Morgan fingerprint density at radius 1 is 1.42 bits per heavy atom. The molecule has 1 aromatic carbocycles. The minimum atomic E-state index is -0.145. The second-order valence-corrected chi connectivity index (χ2v) is 5.71. The summed E-state index contributed by atoms with van der Waals surface area (Å²) in [5.74, 6) is 1.60. The summed E-state index contributed by atoms with van der Waals surface area (Å²) in [6, 6.07) is 7.60. The van der Waals surface area contributed by atoms with Crippen molar-refractivity contribution in [2.75, 3.05) is 20.2 Å². The van der Waals surface area contributed by atoms with Crippen LogP contribution in [0.2, 0.25) is 0 Å². The highest BCUT2D eigenvalue weighted by atomic mass is 35.5. The van der Waals surface area contributed by atoms with Gasteiger partial charge in [0.05, 0.1) is 13.2 Å². The first-order valence-corrected chi connectivity index (χ1v) is 7.89. The van der Waals surface area contributed by atoms with Crippen LogP contribution >= 0.6 is 12.4 Å². The van der Waals surface area contributed by atoms with E-state index in [4.69, 9.17) is 4.74 Å². The van der Waals surface area contributed by atoms with E-state index >= 15 is 0 Å². The van der Waals surface area contributed by atoms with Crippen LogP contribution in [-0.2, 0) is 13.0 Å². The number of imidazole rings is 1. The number of rotatable bonds is 4. The summed E-state index contributed by atoms with van der Waals surface area (Å²) in [4.78, 5) is 16.9.